The summed E-state index contributed by atoms with van der Waals surface area (Å²) in [5.74, 6) is 2.18. The average molecular weight is 493 g/mol. The number of piperazine rings is 1. The lowest BCUT2D eigenvalue weighted by molar-refractivity contribution is -0.133. The van der Waals surface area contributed by atoms with Crippen LogP contribution < -0.4 is 15.0 Å². The maximum atomic E-state index is 13.2. The summed E-state index contributed by atoms with van der Waals surface area (Å²) >= 11 is 0. The molecule has 0 saturated carbocycles. The number of hydrogen-bond acceptors (Lipinski definition) is 6. The van der Waals surface area contributed by atoms with Crippen LogP contribution in [0.3, 0.4) is 0 Å². The Kier molecular flexibility index (Phi) is 7.51. The van der Waals surface area contributed by atoms with Crippen molar-refractivity contribution in [2.45, 2.75) is 19.3 Å². The number of amides is 1. The molecule has 2 aromatic carbocycles. The summed E-state index contributed by atoms with van der Waals surface area (Å²) in [4.78, 5) is 17.4. The molecule has 2 aliphatic rings. The molecule has 1 N–H and O–H groups in total. The lowest BCUT2D eigenvalue weighted by Crippen LogP contribution is -2.50. The molecule has 3 aromatic rings. The van der Waals surface area contributed by atoms with Gasteiger partial charge in [-0.1, -0.05) is 5.16 Å². The fourth-order valence-electron chi connectivity index (χ4n) is 5.27. The topological polar surface area (TPSA) is 70.8 Å². The van der Waals surface area contributed by atoms with Crippen LogP contribution in [0, 0.1) is 17.7 Å². The molecule has 8 heteroatoms. The minimum absolute atomic E-state index is 0.227. The number of halogens is 1. The van der Waals surface area contributed by atoms with Crippen LogP contribution in [-0.2, 0) is 11.2 Å². The molecule has 7 nitrogen and oxygen atoms in total. The van der Waals surface area contributed by atoms with Gasteiger partial charge in [-0.3, -0.25) is 4.79 Å². The van der Waals surface area contributed by atoms with Crippen LogP contribution in [0.15, 0.2) is 59.1 Å². The highest BCUT2D eigenvalue weighted by atomic mass is 19.1. The van der Waals surface area contributed by atoms with Crippen molar-refractivity contribution in [1.29, 1.82) is 0 Å². The van der Waals surface area contributed by atoms with E-state index in [1.807, 2.05) is 35.2 Å². The van der Waals surface area contributed by atoms with Crippen LogP contribution in [0.25, 0.3) is 11.3 Å². The van der Waals surface area contributed by atoms with Gasteiger partial charge in [-0.15, -0.1) is 0 Å². The van der Waals surface area contributed by atoms with Crippen LogP contribution in [0.2, 0.25) is 0 Å². The van der Waals surface area contributed by atoms with Gasteiger partial charge in [-0.05, 0) is 86.3 Å². The van der Waals surface area contributed by atoms with Crippen molar-refractivity contribution in [1.82, 2.24) is 15.4 Å². The first-order valence-electron chi connectivity index (χ1n) is 12.7. The summed E-state index contributed by atoms with van der Waals surface area (Å²) in [5, 5.41) is 7.80. The smallest absolute Gasteiger partial charge is 0.222 e. The molecule has 1 amide bonds. The van der Waals surface area contributed by atoms with Crippen molar-refractivity contribution in [3.05, 3.63) is 66.1 Å². The molecule has 2 fully saturated rings. The summed E-state index contributed by atoms with van der Waals surface area (Å²) in [6.45, 7) is 4.73. The van der Waals surface area contributed by atoms with Gasteiger partial charge in [0.25, 0.3) is 0 Å². The molecule has 36 heavy (non-hydrogen) atoms. The zero-order chi connectivity index (χ0) is 24.9. The summed E-state index contributed by atoms with van der Waals surface area (Å²) in [5.41, 5.74) is 2.88. The van der Waals surface area contributed by atoms with Crippen molar-refractivity contribution in [3.8, 4) is 17.1 Å². The van der Waals surface area contributed by atoms with E-state index in [-0.39, 0.29) is 11.7 Å². The van der Waals surface area contributed by atoms with Crippen LogP contribution in [0.5, 0.6) is 5.75 Å². The monoisotopic (exact) mass is 492 g/mol. The number of carbonyl (C=O) groups excluding carboxylic acids is 1. The molecule has 2 aliphatic heterocycles. The maximum absolute atomic E-state index is 13.2. The number of nitrogens with one attached hydrogen (secondary N) is 1. The molecule has 0 bridgehead atoms. The van der Waals surface area contributed by atoms with Crippen molar-refractivity contribution in [2.24, 2.45) is 11.8 Å². The minimum atomic E-state index is -0.230. The summed E-state index contributed by atoms with van der Waals surface area (Å²) < 4.78 is 24.1. The third kappa shape index (κ3) is 5.70. The van der Waals surface area contributed by atoms with E-state index in [2.05, 4.69) is 15.4 Å². The Bertz CT molecular complexity index is 1140. The molecule has 1 aromatic heterocycles. The number of benzene rings is 2. The number of piperidine rings is 1. The molecule has 2 atom stereocenters. The molecule has 190 valence electrons. The molecule has 3 heterocycles. The number of rotatable bonds is 7. The van der Waals surface area contributed by atoms with E-state index in [1.165, 1.54) is 12.1 Å². The van der Waals surface area contributed by atoms with Crippen LogP contribution >= 0.6 is 0 Å². The van der Waals surface area contributed by atoms with E-state index in [4.69, 9.17) is 9.26 Å². The van der Waals surface area contributed by atoms with Crippen molar-refractivity contribution < 1.29 is 18.4 Å². The van der Waals surface area contributed by atoms with Gasteiger partial charge < -0.3 is 24.4 Å². The second-order valence-corrected chi connectivity index (χ2v) is 9.68. The zero-order valence-corrected chi connectivity index (χ0v) is 20.7. The Hall–Kier alpha value is -3.39. The standard InChI is InChI=1S/C28H33FN4O3/c1-35-26-8-2-20(3-9-26)27-18-24(31-36-27)16-22-19-30-11-10-21(22)17-28(34)33-14-12-32(13-15-33)25-6-4-23(29)5-7-25/h2-9,18,21-22,30H,10-17,19H2,1H3/t21-,22+/m0/s1. The van der Waals surface area contributed by atoms with Crippen LogP contribution in [-0.4, -0.2) is 62.3 Å². The first-order valence-corrected chi connectivity index (χ1v) is 12.7. The number of aromatic nitrogens is 1. The second-order valence-electron chi connectivity index (χ2n) is 9.68. The molecule has 2 saturated heterocycles. The Labute approximate surface area is 211 Å². The Morgan fingerprint density at radius 2 is 1.83 bits per heavy atom. The summed E-state index contributed by atoms with van der Waals surface area (Å²) in [6.07, 6.45) is 2.32. The predicted molar refractivity (Wildman–Crippen MR) is 136 cm³/mol. The molecule has 0 radical (unpaired) electrons. The largest absolute Gasteiger partial charge is 0.497 e. The normalized spacial score (nSPS) is 20.4. The zero-order valence-electron chi connectivity index (χ0n) is 20.7. The lowest BCUT2D eigenvalue weighted by Gasteiger charge is -2.38. The minimum Gasteiger partial charge on any atom is -0.497 e. The van der Waals surface area contributed by atoms with Crippen LogP contribution in [0.1, 0.15) is 18.5 Å². The van der Waals surface area contributed by atoms with E-state index in [0.29, 0.717) is 31.3 Å². The summed E-state index contributed by atoms with van der Waals surface area (Å²) in [6, 6.07) is 16.3. The number of hydrogen-bond donors (Lipinski definition) is 1. The van der Waals surface area contributed by atoms with Gasteiger partial charge in [0.2, 0.25) is 5.91 Å². The first-order chi connectivity index (χ1) is 17.6. The Balaban J connectivity index is 1.16. The predicted octanol–water partition coefficient (Wildman–Crippen LogP) is 4.00. The Morgan fingerprint density at radius 1 is 1.08 bits per heavy atom. The summed E-state index contributed by atoms with van der Waals surface area (Å²) in [7, 11) is 1.65. The van der Waals surface area contributed by atoms with Crippen LogP contribution in [0.4, 0.5) is 10.1 Å². The average Bonchev–Trinajstić information content (AvgIpc) is 3.39. The number of anilines is 1. The number of ether oxygens (including phenoxy) is 1. The lowest BCUT2D eigenvalue weighted by atomic mass is 9.81. The number of carbonyl (C=O) groups is 1. The van der Waals surface area contributed by atoms with E-state index >= 15 is 0 Å². The van der Waals surface area contributed by atoms with E-state index in [0.717, 1.165) is 67.5 Å². The quantitative estimate of drug-likeness (QED) is 0.538. The fraction of sp³-hybridized carbons (Fsp3) is 0.429. The Morgan fingerprint density at radius 3 is 2.56 bits per heavy atom. The van der Waals surface area contributed by atoms with Gasteiger partial charge in [-0.25, -0.2) is 4.39 Å². The van der Waals surface area contributed by atoms with Gasteiger partial charge in [0.1, 0.15) is 11.6 Å². The third-order valence-corrected chi connectivity index (χ3v) is 7.43. The SMILES string of the molecule is COc1ccc(-c2cc(C[C@@H]3CNCC[C@H]3CC(=O)N3CCN(c4ccc(F)cc4)CC3)no2)cc1. The number of methoxy groups -OCH3 is 1. The second kappa shape index (κ2) is 11.1. The molecule has 5 rings (SSSR count). The fourth-order valence-corrected chi connectivity index (χ4v) is 5.27. The van der Waals surface area contributed by atoms with E-state index < -0.39 is 0 Å². The molecular formula is C28H33FN4O3. The van der Waals surface area contributed by atoms with Crippen molar-refractivity contribution in [2.75, 3.05) is 51.3 Å². The van der Waals surface area contributed by atoms with Gasteiger partial charge in [0.15, 0.2) is 5.76 Å². The van der Waals surface area contributed by atoms with E-state index in [1.54, 1.807) is 19.2 Å². The van der Waals surface area contributed by atoms with Gasteiger partial charge in [-0.2, -0.15) is 0 Å². The van der Waals surface area contributed by atoms with Crippen molar-refractivity contribution in [3.63, 3.8) is 0 Å². The van der Waals surface area contributed by atoms with Gasteiger partial charge >= 0.3 is 0 Å². The van der Waals surface area contributed by atoms with Crippen molar-refractivity contribution >= 4 is 11.6 Å². The first kappa shape index (κ1) is 24.3. The molecular weight excluding hydrogens is 459 g/mol. The van der Waals surface area contributed by atoms with Gasteiger partial charge in [0, 0.05) is 49.9 Å². The highest BCUT2D eigenvalue weighted by molar-refractivity contribution is 5.77. The molecule has 0 aliphatic carbocycles. The molecule has 0 unspecified atom stereocenters. The van der Waals surface area contributed by atoms with E-state index in [9.17, 15) is 9.18 Å². The highest BCUT2D eigenvalue weighted by Gasteiger charge is 2.31. The number of nitrogens with zero attached hydrogens (tertiary/aromatic N) is 3. The third-order valence-electron chi connectivity index (χ3n) is 7.43. The van der Waals surface area contributed by atoms with Gasteiger partial charge in [0.05, 0.1) is 12.8 Å². The maximum Gasteiger partial charge on any atom is 0.222 e. The highest BCUT2D eigenvalue weighted by Crippen LogP contribution is 2.29. The molecule has 0 spiro atoms.